The zero-order valence-corrected chi connectivity index (χ0v) is 44.3. The first kappa shape index (κ1) is 65.8. The Morgan fingerprint density at radius 2 is 0.312 bits per heavy atom. The van der Waals surface area contributed by atoms with E-state index in [1.165, 1.54) is 270 Å². The van der Waals surface area contributed by atoms with Gasteiger partial charge in [-0.15, -0.1) is 0 Å². The molecule has 0 aliphatic heterocycles. The number of rotatable bonds is 58. The molecule has 0 atom stereocenters. The summed E-state index contributed by atoms with van der Waals surface area (Å²) in [7, 11) is 0. The quantitative estimate of drug-likeness (QED) is 0.0284. The van der Waals surface area contributed by atoms with Gasteiger partial charge in [0.15, 0.2) is 0 Å². The second kappa shape index (κ2) is 67.0. The fraction of sp³-hybridized carbons (Fsp3) is 1.00. The van der Waals surface area contributed by atoms with Crippen LogP contribution in [0.5, 0.6) is 0 Å². The predicted octanol–water partition coefficient (Wildman–Crippen LogP) is 13.1. The number of nitrogens with one attached hydrogen (secondary N) is 6. The number of hydrogen-bond donors (Lipinski definition) is 8. The maximum atomic E-state index is 5.44. The molecule has 0 heterocycles. The molecule has 0 rings (SSSR count). The van der Waals surface area contributed by atoms with Crippen molar-refractivity contribution in [3.05, 3.63) is 0 Å². The molecular formula is C56H124N8. The van der Waals surface area contributed by atoms with Crippen LogP contribution in [0.4, 0.5) is 0 Å². The summed E-state index contributed by atoms with van der Waals surface area (Å²) in [6.07, 6.45) is 58.0. The third-order valence-corrected chi connectivity index (χ3v) is 13.0. The summed E-state index contributed by atoms with van der Waals surface area (Å²) in [6.45, 7) is 18.6. The van der Waals surface area contributed by atoms with Crippen molar-refractivity contribution in [1.29, 1.82) is 0 Å². The molecule has 0 aliphatic carbocycles. The molecule has 64 heavy (non-hydrogen) atoms. The van der Waals surface area contributed by atoms with Gasteiger partial charge in [-0.3, -0.25) is 0 Å². The van der Waals surface area contributed by atoms with E-state index < -0.39 is 0 Å². The lowest BCUT2D eigenvalue weighted by molar-refractivity contribution is 0.518. The second-order valence-electron chi connectivity index (χ2n) is 19.5. The molecule has 0 unspecified atom stereocenters. The van der Waals surface area contributed by atoms with Crippen LogP contribution in [-0.2, 0) is 0 Å². The Hall–Kier alpha value is -0.320. The van der Waals surface area contributed by atoms with E-state index >= 15 is 0 Å². The van der Waals surface area contributed by atoms with Crippen molar-refractivity contribution in [2.24, 2.45) is 11.5 Å². The van der Waals surface area contributed by atoms with Crippen molar-refractivity contribution >= 4 is 0 Å². The molecule has 0 bridgehead atoms. The van der Waals surface area contributed by atoms with Crippen LogP contribution in [0, 0.1) is 0 Å². The minimum atomic E-state index is 0.723. The van der Waals surface area contributed by atoms with Gasteiger partial charge in [-0.05, 0) is 25.9 Å². The number of nitrogens with two attached hydrogens (primary N) is 2. The summed E-state index contributed by atoms with van der Waals surface area (Å²) in [4.78, 5) is 0. The smallest absolute Gasteiger partial charge is 0.00772 e. The van der Waals surface area contributed by atoms with Gasteiger partial charge in [0.2, 0.25) is 0 Å². The molecule has 0 saturated carbocycles. The van der Waals surface area contributed by atoms with Crippen LogP contribution in [0.2, 0.25) is 0 Å². The van der Waals surface area contributed by atoms with E-state index in [1.54, 1.807) is 0 Å². The second-order valence-corrected chi connectivity index (χ2v) is 19.5. The van der Waals surface area contributed by atoms with Gasteiger partial charge in [-0.1, -0.05) is 258 Å². The molecule has 0 aromatic rings. The summed E-state index contributed by atoms with van der Waals surface area (Å²) in [6, 6.07) is 0. The molecule has 0 amide bonds. The Bertz CT molecular complexity index is 624. The first-order chi connectivity index (χ1) is 31.8. The fourth-order valence-corrected chi connectivity index (χ4v) is 8.67. The minimum Gasteiger partial charge on any atom is -0.329 e. The third-order valence-electron chi connectivity index (χ3n) is 13.0. The normalized spacial score (nSPS) is 11.4. The van der Waals surface area contributed by atoms with Gasteiger partial charge in [0.05, 0.1) is 0 Å². The van der Waals surface area contributed by atoms with Crippen molar-refractivity contribution in [2.45, 2.75) is 271 Å². The maximum Gasteiger partial charge on any atom is 0.00772 e. The number of hydrogen-bond acceptors (Lipinski definition) is 8. The molecule has 0 aromatic carbocycles. The summed E-state index contributed by atoms with van der Waals surface area (Å²) >= 11 is 0. The highest BCUT2D eigenvalue weighted by Gasteiger charge is 1.98. The van der Waals surface area contributed by atoms with Gasteiger partial charge in [-0.25, -0.2) is 0 Å². The zero-order chi connectivity index (χ0) is 46.4. The van der Waals surface area contributed by atoms with Crippen LogP contribution in [0.3, 0.4) is 0 Å². The van der Waals surface area contributed by atoms with E-state index in [4.69, 9.17) is 11.5 Å². The average Bonchev–Trinajstić information content (AvgIpc) is 3.31. The molecule has 388 valence electrons. The molecule has 8 heteroatoms. The lowest BCUT2D eigenvalue weighted by Gasteiger charge is -2.07. The van der Waals surface area contributed by atoms with Gasteiger partial charge in [-0.2, -0.15) is 0 Å². The summed E-state index contributed by atoms with van der Waals surface area (Å²) in [5, 5.41) is 20.6. The van der Waals surface area contributed by atoms with Crippen LogP contribution < -0.4 is 43.4 Å². The van der Waals surface area contributed by atoms with Gasteiger partial charge in [0.1, 0.15) is 0 Å². The van der Waals surface area contributed by atoms with Crippen molar-refractivity contribution < 1.29 is 0 Å². The summed E-state index contributed by atoms with van der Waals surface area (Å²) in [5.41, 5.74) is 10.9. The highest BCUT2D eigenvalue weighted by atomic mass is 15.0. The van der Waals surface area contributed by atoms with Gasteiger partial charge >= 0.3 is 0 Å². The van der Waals surface area contributed by atoms with E-state index in [-0.39, 0.29) is 0 Å². The Morgan fingerprint density at radius 3 is 0.484 bits per heavy atom. The van der Waals surface area contributed by atoms with E-state index in [9.17, 15) is 0 Å². The van der Waals surface area contributed by atoms with E-state index in [0.29, 0.717) is 0 Å². The van der Waals surface area contributed by atoms with Crippen molar-refractivity contribution in [1.82, 2.24) is 31.9 Å². The van der Waals surface area contributed by atoms with Gasteiger partial charge in [0.25, 0.3) is 0 Å². The Morgan fingerprint density at radius 1 is 0.172 bits per heavy atom. The molecule has 0 spiro atoms. The Kier molecular flexibility index (Phi) is 68.8. The SMILES string of the molecule is CCCCCCCCCCCCCCCCCCCCCCNCCNCCNCCN.CCCCCCCCCCCCCCCCCCCCCCNCCNCCNCCN. The van der Waals surface area contributed by atoms with Gasteiger partial charge < -0.3 is 43.4 Å². The zero-order valence-electron chi connectivity index (χ0n) is 44.3. The lowest BCUT2D eigenvalue weighted by atomic mass is 10.0. The van der Waals surface area contributed by atoms with Crippen LogP contribution >= 0.6 is 0 Å². The summed E-state index contributed by atoms with van der Waals surface area (Å²) < 4.78 is 0. The van der Waals surface area contributed by atoms with Crippen LogP contribution in [-0.4, -0.2) is 91.6 Å². The Labute approximate surface area is 404 Å². The maximum absolute atomic E-state index is 5.44. The highest BCUT2D eigenvalue weighted by molar-refractivity contribution is 4.58. The standard InChI is InChI=1S/2C28H62N4/c2*1-2-3-4-5-6-7-8-9-10-11-12-13-14-15-16-17-18-19-20-21-23-30-25-27-32-28-26-31-24-22-29/h2*30-32H,2-29H2,1H3. The van der Waals surface area contributed by atoms with Crippen molar-refractivity contribution in [2.75, 3.05) is 91.6 Å². The van der Waals surface area contributed by atoms with Crippen LogP contribution in [0.15, 0.2) is 0 Å². The molecule has 0 saturated heterocycles. The molecule has 10 N–H and O–H groups in total. The molecular weight excluding hydrogens is 785 g/mol. The molecule has 0 radical (unpaired) electrons. The third kappa shape index (κ3) is 68.3. The minimum absolute atomic E-state index is 0.723. The van der Waals surface area contributed by atoms with Crippen LogP contribution in [0.25, 0.3) is 0 Å². The largest absolute Gasteiger partial charge is 0.329 e. The van der Waals surface area contributed by atoms with Gasteiger partial charge in [0, 0.05) is 78.5 Å². The van der Waals surface area contributed by atoms with Crippen molar-refractivity contribution in [3.63, 3.8) is 0 Å². The van der Waals surface area contributed by atoms with Crippen LogP contribution in [0.1, 0.15) is 271 Å². The first-order valence-corrected chi connectivity index (χ1v) is 29.5. The topological polar surface area (TPSA) is 124 Å². The molecule has 0 fully saturated rings. The number of unbranched alkanes of at least 4 members (excludes halogenated alkanes) is 38. The Balaban J connectivity index is 0. The summed E-state index contributed by atoms with van der Waals surface area (Å²) in [5.74, 6) is 0. The van der Waals surface area contributed by atoms with E-state index in [0.717, 1.165) is 78.5 Å². The van der Waals surface area contributed by atoms with E-state index in [1.807, 2.05) is 0 Å². The van der Waals surface area contributed by atoms with Crippen molar-refractivity contribution in [3.8, 4) is 0 Å². The molecule has 8 nitrogen and oxygen atoms in total. The monoisotopic (exact) mass is 909 g/mol. The highest BCUT2D eigenvalue weighted by Crippen LogP contribution is 2.16. The molecule has 0 aliphatic rings. The van der Waals surface area contributed by atoms with E-state index in [2.05, 4.69) is 45.7 Å². The first-order valence-electron chi connectivity index (χ1n) is 29.5. The lowest BCUT2D eigenvalue weighted by Crippen LogP contribution is -2.34. The fourth-order valence-electron chi connectivity index (χ4n) is 8.67. The average molecular weight is 910 g/mol. The predicted molar refractivity (Wildman–Crippen MR) is 291 cm³/mol. The molecule has 0 aromatic heterocycles.